The number of rotatable bonds is 76. The second-order valence-electron chi connectivity index (χ2n) is 27.0. The molecule has 98 heavy (non-hydrogen) atoms. The fourth-order valence-corrected chi connectivity index (χ4v) is 12.7. The molecule has 574 valence electrons. The normalized spacial score (nSPS) is 14.2. The lowest BCUT2D eigenvalue weighted by Crippen LogP contribution is -2.30. The zero-order valence-corrected chi connectivity index (χ0v) is 64.5. The minimum absolute atomic E-state index is 0.0852. The zero-order valence-electron chi connectivity index (χ0n) is 62.7. The van der Waals surface area contributed by atoms with Crippen molar-refractivity contribution in [3.05, 3.63) is 48.6 Å². The first-order chi connectivity index (χ1) is 47.7. The second-order valence-corrected chi connectivity index (χ2v) is 29.9. The average Bonchev–Trinajstić information content (AvgIpc) is 1.05. The lowest BCUT2D eigenvalue weighted by Gasteiger charge is -2.21. The highest BCUT2D eigenvalue weighted by molar-refractivity contribution is 7.47. The average molecular weight is 1430 g/mol. The third kappa shape index (κ3) is 71.4. The number of phosphoric ester groups is 2. The number of hydrogen-bond donors (Lipinski definition) is 3. The number of aliphatic hydroxyl groups excluding tert-OH is 1. The van der Waals surface area contributed by atoms with Gasteiger partial charge in [-0.2, -0.15) is 0 Å². The van der Waals surface area contributed by atoms with Crippen molar-refractivity contribution in [2.45, 2.75) is 393 Å². The van der Waals surface area contributed by atoms with Gasteiger partial charge in [-0.25, -0.2) is 9.13 Å². The van der Waals surface area contributed by atoms with Crippen LogP contribution >= 0.6 is 15.6 Å². The summed E-state index contributed by atoms with van der Waals surface area (Å²) < 4.78 is 68.6. The number of aliphatic hydroxyl groups is 1. The molecule has 0 amide bonds. The lowest BCUT2D eigenvalue weighted by atomic mass is 10.0. The van der Waals surface area contributed by atoms with E-state index >= 15 is 0 Å². The van der Waals surface area contributed by atoms with Crippen molar-refractivity contribution < 1.29 is 80.2 Å². The molecule has 0 saturated carbocycles. The van der Waals surface area contributed by atoms with Crippen molar-refractivity contribution in [2.24, 2.45) is 0 Å². The minimum atomic E-state index is -4.97. The van der Waals surface area contributed by atoms with Crippen molar-refractivity contribution in [1.29, 1.82) is 0 Å². The summed E-state index contributed by atoms with van der Waals surface area (Å²) in [4.78, 5) is 72.9. The number of phosphoric acid groups is 2. The molecule has 0 aromatic carbocycles. The minimum Gasteiger partial charge on any atom is -0.462 e. The SMILES string of the molecule is CCCCC/C=C\C/C=C\CCCCCCCC(=O)O[C@H](COC(=O)CCCCCCCCCCCCCCC)COP(=O)(O)OC[C@H](O)COP(=O)(O)OC[C@@H](COC(=O)CCCCCCCCC/C=C\CCCCCC)OC(=O)CCCCCCCCC/C=C\CCCCCC. The van der Waals surface area contributed by atoms with Crippen LogP contribution in [0.2, 0.25) is 0 Å². The Hall–Kier alpha value is -2.98. The van der Waals surface area contributed by atoms with Crippen LogP contribution in [0.5, 0.6) is 0 Å². The summed E-state index contributed by atoms with van der Waals surface area (Å²) in [6, 6.07) is 0. The first-order valence-electron chi connectivity index (χ1n) is 39.9. The van der Waals surface area contributed by atoms with Crippen LogP contribution in [0, 0.1) is 0 Å². The summed E-state index contributed by atoms with van der Waals surface area (Å²) in [5, 5.41) is 10.6. The predicted octanol–water partition coefficient (Wildman–Crippen LogP) is 22.9. The van der Waals surface area contributed by atoms with E-state index in [9.17, 15) is 43.2 Å². The Morgan fingerprint density at radius 3 is 0.796 bits per heavy atom. The van der Waals surface area contributed by atoms with Crippen LogP contribution in [0.4, 0.5) is 0 Å². The van der Waals surface area contributed by atoms with Gasteiger partial charge in [0.1, 0.15) is 19.3 Å². The van der Waals surface area contributed by atoms with Gasteiger partial charge in [-0.3, -0.25) is 37.3 Å². The maximum Gasteiger partial charge on any atom is 0.472 e. The summed E-state index contributed by atoms with van der Waals surface area (Å²) in [6.07, 6.45) is 69.4. The highest BCUT2D eigenvalue weighted by Crippen LogP contribution is 2.45. The van der Waals surface area contributed by atoms with E-state index < -0.39 is 97.5 Å². The molecule has 5 atom stereocenters. The maximum absolute atomic E-state index is 13.1. The molecular formula is C79H146O17P2. The van der Waals surface area contributed by atoms with Gasteiger partial charge in [0.2, 0.25) is 0 Å². The molecular weight excluding hydrogens is 1280 g/mol. The number of carbonyl (C=O) groups is 4. The molecule has 0 spiro atoms. The Morgan fingerprint density at radius 2 is 0.500 bits per heavy atom. The number of carbonyl (C=O) groups excluding carboxylic acids is 4. The lowest BCUT2D eigenvalue weighted by molar-refractivity contribution is -0.161. The molecule has 0 bridgehead atoms. The third-order valence-corrected chi connectivity index (χ3v) is 19.2. The monoisotopic (exact) mass is 1430 g/mol. The molecule has 0 aliphatic heterocycles. The summed E-state index contributed by atoms with van der Waals surface area (Å²) in [6.45, 7) is 4.88. The zero-order chi connectivity index (χ0) is 71.8. The molecule has 17 nitrogen and oxygen atoms in total. The van der Waals surface area contributed by atoms with E-state index in [2.05, 4.69) is 76.3 Å². The first-order valence-corrected chi connectivity index (χ1v) is 42.9. The van der Waals surface area contributed by atoms with Crippen molar-refractivity contribution in [3.8, 4) is 0 Å². The van der Waals surface area contributed by atoms with Gasteiger partial charge in [-0.15, -0.1) is 0 Å². The number of esters is 4. The summed E-state index contributed by atoms with van der Waals surface area (Å²) in [7, 11) is -9.94. The van der Waals surface area contributed by atoms with E-state index in [0.29, 0.717) is 25.7 Å². The molecule has 0 heterocycles. The molecule has 19 heteroatoms. The fourth-order valence-electron chi connectivity index (χ4n) is 11.1. The van der Waals surface area contributed by atoms with Gasteiger partial charge in [0.05, 0.1) is 26.4 Å². The number of unbranched alkanes of at least 4 members (excludes halogenated alkanes) is 42. The number of ether oxygens (including phenoxy) is 4. The van der Waals surface area contributed by atoms with Gasteiger partial charge in [0.25, 0.3) is 0 Å². The molecule has 0 radical (unpaired) electrons. The molecule has 0 rings (SSSR count). The standard InChI is InChI=1S/C79H146O17P2/c1-5-9-13-17-21-25-29-33-36-40-44-48-52-56-60-64-77(82)90-70-75(96-79(84)66-62-58-54-50-46-42-38-35-31-27-23-19-15-11-7-3)72-94-98(87,88)92-68-73(80)67-91-97(85,86)93-71-74(69-89-76(81)63-59-55-51-47-43-39-32-28-24-20-16-12-8-4)95-78(83)65-61-57-53-49-45-41-37-34-30-26-22-18-14-10-6-2/h22,25-27,29,31,34,37,73-75,80H,5-21,23-24,28,30,32-33,35-36,38-72H2,1-4H3,(H,85,86)(H,87,88)/b26-22-,29-25-,31-27-,37-34-/t73-,74+,75+/m0/s1. The van der Waals surface area contributed by atoms with E-state index in [0.717, 1.165) is 154 Å². The number of hydrogen-bond acceptors (Lipinski definition) is 15. The largest absolute Gasteiger partial charge is 0.472 e. The van der Waals surface area contributed by atoms with Crippen molar-refractivity contribution in [3.63, 3.8) is 0 Å². The van der Waals surface area contributed by atoms with E-state index in [4.69, 9.17) is 37.0 Å². The Balaban J connectivity index is 5.33. The van der Waals surface area contributed by atoms with Crippen LogP contribution in [0.25, 0.3) is 0 Å². The van der Waals surface area contributed by atoms with Gasteiger partial charge in [0.15, 0.2) is 12.2 Å². The van der Waals surface area contributed by atoms with Crippen LogP contribution in [0.3, 0.4) is 0 Å². The fraction of sp³-hybridized carbons (Fsp3) is 0.848. The molecule has 3 N–H and O–H groups in total. The van der Waals surface area contributed by atoms with Gasteiger partial charge in [-0.1, -0.05) is 288 Å². The number of allylic oxidation sites excluding steroid dienone is 8. The molecule has 0 aromatic heterocycles. The van der Waals surface area contributed by atoms with Crippen LogP contribution in [0.1, 0.15) is 374 Å². The summed E-state index contributed by atoms with van der Waals surface area (Å²) in [5.74, 6) is -2.16. The van der Waals surface area contributed by atoms with Gasteiger partial charge >= 0.3 is 39.5 Å². The summed E-state index contributed by atoms with van der Waals surface area (Å²) >= 11 is 0. The predicted molar refractivity (Wildman–Crippen MR) is 400 cm³/mol. The maximum atomic E-state index is 13.1. The van der Waals surface area contributed by atoms with Crippen molar-refractivity contribution in [1.82, 2.24) is 0 Å². The van der Waals surface area contributed by atoms with Gasteiger partial charge in [0, 0.05) is 25.7 Å². The third-order valence-electron chi connectivity index (χ3n) is 17.3. The smallest absolute Gasteiger partial charge is 0.462 e. The Bertz CT molecular complexity index is 2050. The van der Waals surface area contributed by atoms with Crippen LogP contribution < -0.4 is 0 Å². The topological polar surface area (TPSA) is 237 Å². The van der Waals surface area contributed by atoms with Crippen LogP contribution in [-0.2, 0) is 65.4 Å². The molecule has 2 unspecified atom stereocenters. The second kappa shape index (κ2) is 72.4. The molecule has 0 aliphatic rings. The van der Waals surface area contributed by atoms with E-state index in [1.165, 1.54) is 141 Å². The Morgan fingerprint density at radius 1 is 0.286 bits per heavy atom. The molecule has 0 aromatic rings. The van der Waals surface area contributed by atoms with E-state index in [1.54, 1.807) is 0 Å². The highest BCUT2D eigenvalue weighted by atomic mass is 31.2. The Labute approximate surface area is 597 Å². The molecule has 0 saturated heterocycles. The van der Waals surface area contributed by atoms with Crippen molar-refractivity contribution >= 4 is 39.5 Å². The van der Waals surface area contributed by atoms with E-state index in [1.807, 2.05) is 0 Å². The van der Waals surface area contributed by atoms with Crippen LogP contribution in [-0.4, -0.2) is 96.7 Å². The van der Waals surface area contributed by atoms with Crippen LogP contribution in [0.15, 0.2) is 48.6 Å². The van der Waals surface area contributed by atoms with Gasteiger partial charge < -0.3 is 33.8 Å². The van der Waals surface area contributed by atoms with E-state index in [-0.39, 0.29) is 25.7 Å². The molecule has 0 fully saturated rings. The molecule has 0 aliphatic carbocycles. The first kappa shape index (κ1) is 95.0. The summed E-state index contributed by atoms with van der Waals surface area (Å²) in [5.41, 5.74) is 0. The highest BCUT2D eigenvalue weighted by Gasteiger charge is 2.30. The Kier molecular flexibility index (Phi) is 70.2. The van der Waals surface area contributed by atoms with Gasteiger partial charge in [-0.05, 0) is 109 Å². The quantitative estimate of drug-likeness (QED) is 0.0169. The van der Waals surface area contributed by atoms with Crippen molar-refractivity contribution in [2.75, 3.05) is 39.6 Å².